The van der Waals surface area contributed by atoms with E-state index in [1.807, 2.05) is 12.1 Å². The SMILES string of the molecule is CN=C(NCC(O)c1cc2ccccc2s1)NC1C2CCCOC2C1(C)C.I. The molecule has 4 unspecified atom stereocenters. The monoisotopic (exact) mass is 515 g/mol. The maximum absolute atomic E-state index is 10.6. The molecule has 154 valence electrons. The first-order valence-electron chi connectivity index (χ1n) is 9.76. The van der Waals surface area contributed by atoms with Gasteiger partial charge >= 0.3 is 0 Å². The van der Waals surface area contributed by atoms with Gasteiger partial charge in [0.2, 0.25) is 0 Å². The van der Waals surface area contributed by atoms with Crippen LogP contribution in [0.5, 0.6) is 0 Å². The van der Waals surface area contributed by atoms with E-state index in [9.17, 15) is 5.11 Å². The van der Waals surface area contributed by atoms with Gasteiger partial charge in [-0.3, -0.25) is 4.99 Å². The van der Waals surface area contributed by atoms with Gasteiger partial charge in [0.05, 0.1) is 6.10 Å². The van der Waals surface area contributed by atoms with Crippen LogP contribution in [0.4, 0.5) is 0 Å². The molecule has 28 heavy (non-hydrogen) atoms. The molecule has 4 rings (SSSR count). The Hall–Kier alpha value is -0.900. The van der Waals surface area contributed by atoms with Crippen molar-refractivity contribution in [2.45, 2.75) is 44.9 Å². The van der Waals surface area contributed by atoms with Gasteiger partial charge in [-0.25, -0.2) is 0 Å². The minimum Gasteiger partial charge on any atom is -0.386 e. The van der Waals surface area contributed by atoms with Crippen LogP contribution in [0.25, 0.3) is 10.1 Å². The van der Waals surface area contributed by atoms with Crippen LogP contribution in [-0.2, 0) is 4.74 Å². The molecule has 0 spiro atoms. The van der Waals surface area contributed by atoms with Gasteiger partial charge in [0, 0.05) is 47.2 Å². The first kappa shape index (κ1) is 21.8. The second-order valence-electron chi connectivity index (χ2n) is 8.20. The molecule has 1 saturated heterocycles. The maximum Gasteiger partial charge on any atom is 0.191 e. The van der Waals surface area contributed by atoms with Crippen molar-refractivity contribution >= 4 is 51.4 Å². The summed E-state index contributed by atoms with van der Waals surface area (Å²) < 4.78 is 7.19. The third-order valence-electron chi connectivity index (χ3n) is 6.08. The fourth-order valence-corrected chi connectivity index (χ4v) is 5.67. The Bertz CT molecular complexity index is 805. The summed E-state index contributed by atoms with van der Waals surface area (Å²) in [6.45, 7) is 5.84. The number of aliphatic hydroxyl groups is 1. The molecule has 1 aromatic heterocycles. The molecule has 1 aliphatic heterocycles. The highest BCUT2D eigenvalue weighted by Crippen LogP contribution is 2.51. The summed E-state index contributed by atoms with van der Waals surface area (Å²) in [6.07, 6.45) is 2.12. The molecule has 0 amide bonds. The smallest absolute Gasteiger partial charge is 0.191 e. The number of thiophene rings is 1. The predicted molar refractivity (Wildman–Crippen MR) is 127 cm³/mol. The first-order valence-corrected chi connectivity index (χ1v) is 10.6. The number of nitrogens with one attached hydrogen (secondary N) is 2. The third kappa shape index (κ3) is 4.04. The number of fused-ring (bicyclic) bond motifs is 2. The molecule has 1 saturated carbocycles. The van der Waals surface area contributed by atoms with Crippen molar-refractivity contribution in [1.29, 1.82) is 0 Å². The summed E-state index contributed by atoms with van der Waals surface area (Å²) in [6, 6.07) is 10.6. The van der Waals surface area contributed by atoms with Gasteiger partial charge in [-0.1, -0.05) is 32.0 Å². The minimum absolute atomic E-state index is 0. The second kappa shape index (κ2) is 8.85. The summed E-state index contributed by atoms with van der Waals surface area (Å²) in [4.78, 5) is 5.34. The van der Waals surface area contributed by atoms with Crippen molar-refractivity contribution in [1.82, 2.24) is 10.6 Å². The van der Waals surface area contributed by atoms with Crippen molar-refractivity contribution in [2.24, 2.45) is 16.3 Å². The molecular weight excluding hydrogens is 485 g/mol. The van der Waals surface area contributed by atoms with E-state index < -0.39 is 6.10 Å². The number of aliphatic hydroxyl groups excluding tert-OH is 1. The van der Waals surface area contributed by atoms with Gasteiger partial charge in [0.1, 0.15) is 6.10 Å². The molecule has 2 aliphatic rings. The van der Waals surface area contributed by atoms with E-state index in [1.54, 1.807) is 18.4 Å². The lowest BCUT2D eigenvalue weighted by Crippen LogP contribution is -2.71. The van der Waals surface area contributed by atoms with Crippen LogP contribution in [-0.4, -0.2) is 43.4 Å². The van der Waals surface area contributed by atoms with Gasteiger partial charge < -0.3 is 20.5 Å². The van der Waals surface area contributed by atoms with Gasteiger partial charge in [-0.05, 0) is 30.4 Å². The van der Waals surface area contributed by atoms with E-state index in [0.717, 1.165) is 23.9 Å². The molecule has 4 atom stereocenters. The number of guanidine groups is 1. The molecule has 2 heterocycles. The van der Waals surface area contributed by atoms with Crippen molar-refractivity contribution < 1.29 is 9.84 Å². The highest BCUT2D eigenvalue weighted by atomic mass is 127. The predicted octanol–water partition coefficient (Wildman–Crippen LogP) is 3.92. The van der Waals surface area contributed by atoms with Gasteiger partial charge in [0.25, 0.3) is 0 Å². The van der Waals surface area contributed by atoms with Crippen LogP contribution >= 0.6 is 35.3 Å². The average Bonchev–Trinajstić information content (AvgIpc) is 3.12. The molecular formula is C21H30IN3O2S. The molecule has 0 bridgehead atoms. The number of hydrogen-bond acceptors (Lipinski definition) is 4. The average molecular weight is 515 g/mol. The summed E-state index contributed by atoms with van der Waals surface area (Å²) >= 11 is 1.64. The van der Waals surface area contributed by atoms with E-state index in [0.29, 0.717) is 24.6 Å². The quantitative estimate of drug-likeness (QED) is 0.328. The molecule has 1 aromatic carbocycles. The summed E-state index contributed by atoms with van der Waals surface area (Å²) in [5.41, 5.74) is 0.0901. The van der Waals surface area contributed by atoms with Crippen LogP contribution in [0.15, 0.2) is 35.3 Å². The Morgan fingerprint density at radius 2 is 2.18 bits per heavy atom. The number of aliphatic imine (C=N–C) groups is 1. The summed E-state index contributed by atoms with van der Waals surface area (Å²) in [7, 11) is 1.78. The zero-order valence-corrected chi connectivity index (χ0v) is 19.8. The number of benzene rings is 1. The van der Waals surface area contributed by atoms with Gasteiger partial charge in [-0.15, -0.1) is 35.3 Å². The molecule has 0 radical (unpaired) electrons. The summed E-state index contributed by atoms with van der Waals surface area (Å²) in [5.74, 6) is 1.29. The van der Waals surface area contributed by atoms with Crippen molar-refractivity contribution in [2.75, 3.05) is 20.2 Å². The molecule has 3 N–H and O–H groups in total. The number of halogens is 1. The summed E-state index contributed by atoms with van der Waals surface area (Å²) in [5, 5.41) is 18.7. The fraction of sp³-hybridized carbons (Fsp3) is 0.571. The van der Waals surface area contributed by atoms with E-state index in [4.69, 9.17) is 4.74 Å². The number of nitrogens with zero attached hydrogens (tertiary/aromatic N) is 1. The van der Waals surface area contributed by atoms with Crippen LogP contribution < -0.4 is 10.6 Å². The van der Waals surface area contributed by atoms with E-state index in [2.05, 4.69) is 47.7 Å². The Balaban J connectivity index is 0.00000225. The highest BCUT2D eigenvalue weighted by Gasteiger charge is 2.58. The molecule has 7 heteroatoms. The standard InChI is InChI=1S/C21H29N3O2S.HI/c1-21(2)18(14-8-6-10-26-19(14)21)24-20(22-3)23-12-15(25)17-11-13-7-4-5-9-16(13)27-17;/h4-5,7,9,11,14-15,18-19,25H,6,8,10,12H2,1-3H3,(H2,22,23,24);1H. The number of ether oxygens (including phenoxy) is 1. The molecule has 1 aliphatic carbocycles. The van der Waals surface area contributed by atoms with Crippen molar-refractivity contribution in [3.05, 3.63) is 35.2 Å². The third-order valence-corrected chi connectivity index (χ3v) is 7.30. The van der Waals surface area contributed by atoms with Crippen LogP contribution in [0.3, 0.4) is 0 Å². The first-order chi connectivity index (χ1) is 13.0. The topological polar surface area (TPSA) is 65.9 Å². The molecule has 2 aromatic rings. The lowest BCUT2D eigenvalue weighted by Gasteiger charge is -2.60. The van der Waals surface area contributed by atoms with Crippen LogP contribution in [0, 0.1) is 11.3 Å². The number of hydrogen-bond donors (Lipinski definition) is 3. The van der Waals surface area contributed by atoms with E-state index in [-0.39, 0.29) is 29.4 Å². The lowest BCUT2D eigenvalue weighted by atomic mass is 9.55. The maximum atomic E-state index is 10.6. The van der Waals surface area contributed by atoms with E-state index >= 15 is 0 Å². The highest BCUT2D eigenvalue weighted by molar-refractivity contribution is 14.0. The fourth-order valence-electron chi connectivity index (χ4n) is 4.62. The lowest BCUT2D eigenvalue weighted by molar-refractivity contribution is -0.188. The van der Waals surface area contributed by atoms with Crippen molar-refractivity contribution in [3.8, 4) is 0 Å². The van der Waals surface area contributed by atoms with Crippen LogP contribution in [0.2, 0.25) is 0 Å². The second-order valence-corrected chi connectivity index (χ2v) is 9.31. The van der Waals surface area contributed by atoms with Crippen LogP contribution in [0.1, 0.15) is 37.7 Å². The van der Waals surface area contributed by atoms with Gasteiger partial charge in [-0.2, -0.15) is 0 Å². The van der Waals surface area contributed by atoms with Gasteiger partial charge in [0.15, 0.2) is 5.96 Å². The zero-order valence-electron chi connectivity index (χ0n) is 16.6. The Morgan fingerprint density at radius 1 is 1.39 bits per heavy atom. The zero-order chi connectivity index (χ0) is 19.0. The van der Waals surface area contributed by atoms with E-state index in [1.165, 1.54) is 16.5 Å². The Labute approximate surface area is 188 Å². The Morgan fingerprint density at radius 3 is 2.93 bits per heavy atom. The Kier molecular flexibility index (Phi) is 6.89. The largest absolute Gasteiger partial charge is 0.386 e. The van der Waals surface area contributed by atoms with Crippen molar-refractivity contribution in [3.63, 3.8) is 0 Å². The number of rotatable bonds is 4. The normalized spacial score (nSPS) is 27.3. The molecule has 5 nitrogen and oxygen atoms in total. The molecule has 2 fully saturated rings. The minimum atomic E-state index is -0.555.